The lowest BCUT2D eigenvalue weighted by atomic mass is 9.62. The maximum atomic E-state index is 2.51. The molecule has 1 fully saturated rings. The molecule has 4 unspecified atom stereocenters. The monoisotopic (exact) mass is 280 g/mol. The standard InChI is InChI=1S/C20H40/c1-8-10-16(6)20(15(5)9-2)13-18-11-19(12-18)17(7)14(3)4/h14-20H,8-13H2,1-7H3. The Kier molecular flexibility index (Phi) is 7.62. The molecule has 0 aromatic rings. The van der Waals surface area contributed by atoms with Crippen molar-refractivity contribution in [3.63, 3.8) is 0 Å². The summed E-state index contributed by atoms with van der Waals surface area (Å²) in [5, 5.41) is 0. The first-order chi connectivity index (χ1) is 9.40. The molecule has 1 aliphatic rings. The minimum Gasteiger partial charge on any atom is -0.0654 e. The molecule has 0 radical (unpaired) electrons. The molecule has 0 amide bonds. The van der Waals surface area contributed by atoms with Crippen LogP contribution in [0.15, 0.2) is 0 Å². The van der Waals surface area contributed by atoms with Gasteiger partial charge in [0.15, 0.2) is 0 Å². The molecule has 0 aromatic carbocycles. The molecule has 20 heavy (non-hydrogen) atoms. The van der Waals surface area contributed by atoms with E-state index in [0.717, 1.165) is 41.4 Å². The molecule has 120 valence electrons. The third-order valence-corrected chi connectivity index (χ3v) is 6.52. The van der Waals surface area contributed by atoms with Crippen LogP contribution in [0, 0.1) is 41.4 Å². The van der Waals surface area contributed by atoms with E-state index in [1.807, 2.05) is 0 Å². The van der Waals surface area contributed by atoms with Crippen molar-refractivity contribution >= 4 is 0 Å². The Morgan fingerprint density at radius 1 is 0.900 bits per heavy atom. The molecule has 0 heterocycles. The van der Waals surface area contributed by atoms with Gasteiger partial charge in [0, 0.05) is 0 Å². The van der Waals surface area contributed by atoms with Gasteiger partial charge in [0.1, 0.15) is 0 Å². The summed E-state index contributed by atoms with van der Waals surface area (Å²) in [6.07, 6.45) is 8.68. The molecule has 0 N–H and O–H groups in total. The van der Waals surface area contributed by atoms with Gasteiger partial charge >= 0.3 is 0 Å². The maximum absolute atomic E-state index is 2.51. The quantitative estimate of drug-likeness (QED) is 0.436. The van der Waals surface area contributed by atoms with Gasteiger partial charge in [-0.05, 0) is 60.7 Å². The summed E-state index contributed by atoms with van der Waals surface area (Å²) < 4.78 is 0. The summed E-state index contributed by atoms with van der Waals surface area (Å²) in [5.74, 6) is 6.68. The number of rotatable bonds is 9. The summed E-state index contributed by atoms with van der Waals surface area (Å²) in [4.78, 5) is 0. The van der Waals surface area contributed by atoms with Crippen LogP contribution in [0.3, 0.4) is 0 Å². The lowest BCUT2D eigenvalue weighted by Gasteiger charge is -2.44. The van der Waals surface area contributed by atoms with E-state index < -0.39 is 0 Å². The van der Waals surface area contributed by atoms with E-state index in [1.54, 1.807) is 0 Å². The average molecular weight is 281 g/mol. The summed E-state index contributed by atoms with van der Waals surface area (Å²) in [5.41, 5.74) is 0. The molecule has 0 aliphatic heterocycles. The fourth-order valence-corrected chi connectivity index (χ4v) is 4.34. The zero-order valence-corrected chi connectivity index (χ0v) is 15.3. The summed E-state index contributed by atoms with van der Waals surface area (Å²) >= 11 is 0. The highest BCUT2D eigenvalue weighted by Crippen LogP contribution is 2.46. The van der Waals surface area contributed by atoms with Crippen molar-refractivity contribution in [1.29, 1.82) is 0 Å². The van der Waals surface area contributed by atoms with Crippen molar-refractivity contribution in [2.75, 3.05) is 0 Å². The molecular formula is C20H40. The van der Waals surface area contributed by atoms with Crippen LogP contribution in [0.2, 0.25) is 0 Å². The third kappa shape index (κ3) is 4.78. The number of hydrogen-bond donors (Lipinski definition) is 0. The fraction of sp³-hybridized carbons (Fsp3) is 1.00. The van der Waals surface area contributed by atoms with E-state index in [0.29, 0.717) is 0 Å². The lowest BCUT2D eigenvalue weighted by Crippen LogP contribution is -2.34. The molecule has 1 saturated carbocycles. The Balaban J connectivity index is 2.44. The van der Waals surface area contributed by atoms with Gasteiger partial charge in [-0.3, -0.25) is 0 Å². The molecule has 1 aliphatic carbocycles. The zero-order valence-electron chi connectivity index (χ0n) is 15.3. The highest BCUT2D eigenvalue weighted by atomic mass is 14.4. The molecular weight excluding hydrogens is 240 g/mol. The Morgan fingerprint density at radius 3 is 1.95 bits per heavy atom. The minimum atomic E-state index is 0.866. The molecule has 0 heteroatoms. The second kappa shape index (κ2) is 8.44. The van der Waals surface area contributed by atoms with Crippen molar-refractivity contribution in [2.45, 2.75) is 87.0 Å². The van der Waals surface area contributed by atoms with Crippen molar-refractivity contribution < 1.29 is 0 Å². The predicted octanol–water partition coefficient (Wildman–Crippen LogP) is 6.79. The van der Waals surface area contributed by atoms with Gasteiger partial charge in [0.25, 0.3) is 0 Å². The van der Waals surface area contributed by atoms with E-state index in [2.05, 4.69) is 48.5 Å². The van der Waals surface area contributed by atoms with E-state index in [9.17, 15) is 0 Å². The molecule has 0 saturated heterocycles. The van der Waals surface area contributed by atoms with Gasteiger partial charge in [0.05, 0.1) is 0 Å². The SMILES string of the molecule is CCCC(C)C(CC1CC(C(C)C(C)C)C1)C(C)CC. The van der Waals surface area contributed by atoms with Gasteiger partial charge in [0.2, 0.25) is 0 Å². The van der Waals surface area contributed by atoms with Crippen LogP contribution in [0.5, 0.6) is 0 Å². The molecule has 0 nitrogen and oxygen atoms in total. The molecule has 1 rings (SSSR count). The van der Waals surface area contributed by atoms with Gasteiger partial charge in [-0.15, -0.1) is 0 Å². The Morgan fingerprint density at radius 2 is 1.50 bits per heavy atom. The van der Waals surface area contributed by atoms with E-state index in [-0.39, 0.29) is 0 Å². The summed E-state index contributed by atoms with van der Waals surface area (Å²) in [6.45, 7) is 17.0. The van der Waals surface area contributed by atoms with Gasteiger partial charge < -0.3 is 0 Å². The van der Waals surface area contributed by atoms with Crippen LogP contribution in [-0.4, -0.2) is 0 Å². The van der Waals surface area contributed by atoms with Gasteiger partial charge in [-0.1, -0.05) is 67.7 Å². The topological polar surface area (TPSA) is 0 Å². The van der Waals surface area contributed by atoms with Crippen LogP contribution in [0.25, 0.3) is 0 Å². The largest absolute Gasteiger partial charge is 0.0654 e. The second-order valence-corrected chi connectivity index (χ2v) is 8.25. The fourth-order valence-electron chi connectivity index (χ4n) is 4.34. The smallest absolute Gasteiger partial charge is 0.0360 e. The summed E-state index contributed by atoms with van der Waals surface area (Å²) in [6, 6.07) is 0. The molecule has 0 spiro atoms. The van der Waals surface area contributed by atoms with Crippen LogP contribution < -0.4 is 0 Å². The van der Waals surface area contributed by atoms with Crippen molar-refractivity contribution in [3.8, 4) is 0 Å². The normalized spacial score (nSPS) is 28.8. The van der Waals surface area contributed by atoms with Crippen molar-refractivity contribution in [3.05, 3.63) is 0 Å². The van der Waals surface area contributed by atoms with Crippen LogP contribution in [-0.2, 0) is 0 Å². The first-order valence-electron chi connectivity index (χ1n) is 9.40. The zero-order chi connectivity index (χ0) is 15.3. The van der Waals surface area contributed by atoms with E-state index >= 15 is 0 Å². The third-order valence-electron chi connectivity index (χ3n) is 6.52. The van der Waals surface area contributed by atoms with Gasteiger partial charge in [-0.2, -0.15) is 0 Å². The van der Waals surface area contributed by atoms with Crippen molar-refractivity contribution in [1.82, 2.24) is 0 Å². The van der Waals surface area contributed by atoms with Crippen molar-refractivity contribution in [2.24, 2.45) is 41.4 Å². The predicted molar refractivity (Wildman–Crippen MR) is 91.9 cm³/mol. The first-order valence-corrected chi connectivity index (χ1v) is 9.40. The molecule has 0 bridgehead atoms. The van der Waals surface area contributed by atoms with Crippen LogP contribution in [0.4, 0.5) is 0 Å². The number of hydrogen-bond acceptors (Lipinski definition) is 0. The molecule has 0 aromatic heterocycles. The Labute approximate surface area is 129 Å². The van der Waals surface area contributed by atoms with E-state index in [1.165, 1.54) is 38.5 Å². The van der Waals surface area contributed by atoms with E-state index in [4.69, 9.17) is 0 Å². The Bertz CT molecular complexity index is 249. The first kappa shape index (κ1) is 18.1. The highest BCUT2D eigenvalue weighted by molar-refractivity contribution is 4.87. The summed E-state index contributed by atoms with van der Waals surface area (Å²) in [7, 11) is 0. The lowest BCUT2D eigenvalue weighted by molar-refractivity contribution is 0.0651. The molecule has 4 atom stereocenters. The highest BCUT2D eigenvalue weighted by Gasteiger charge is 2.36. The average Bonchev–Trinajstić information content (AvgIpc) is 2.36. The maximum Gasteiger partial charge on any atom is -0.0360 e. The van der Waals surface area contributed by atoms with Crippen LogP contribution >= 0.6 is 0 Å². The minimum absolute atomic E-state index is 0.866. The van der Waals surface area contributed by atoms with Gasteiger partial charge in [-0.25, -0.2) is 0 Å². The van der Waals surface area contributed by atoms with Crippen LogP contribution in [0.1, 0.15) is 87.0 Å². The second-order valence-electron chi connectivity index (χ2n) is 8.25. The Hall–Kier alpha value is 0.